The Labute approximate surface area is 67.5 Å². The van der Waals surface area contributed by atoms with Crippen LogP contribution in [0.1, 0.15) is 13.8 Å². The average molecular weight is 154 g/mol. The first kappa shape index (κ1) is 8.50. The molecule has 0 saturated carbocycles. The van der Waals surface area contributed by atoms with Crippen molar-refractivity contribution in [2.45, 2.75) is 19.6 Å². The van der Waals surface area contributed by atoms with Crippen LogP contribution in [0.4, 0.5) is 0 Å². The Bertz CT molecular complexity index is 150. The van der Waals surface area contributed by atoms with Crippen LogP contribution in [0.15, 0.2) is 24.3 Å². The fraction of sp³-hybridized carbons (Fsp3) is 0.556. The molecule has 1 saturated heterocycles. The van der Waals surface area contributed by atoms with Gasteiger partial charge in [-0.3, -0.25) is 0 Å². The standard InChI is InChI=1S/C9H14O2/c1-3-5-9(6-4-2)10-7-8-11-9/h3-6H,7-8H2,1-2H3/b5-3+,6-4+. The third kappa shape index (κ3) is 1.91. The van der Waals surface area contributed by atoms with Gasteiger partial charge in [-0.05, 0) is 26.0 Å². The molecule has 0 unspecified atom stereocenters. The monoisotopic (exact) mass is 154 g/mol. The minimum Gasteiger partial charge on any atom is -0.341 e. The number of hydrogen-bond donors (Lipinski definition) is 0. The van der Waals surface area contributed by atoms with Gasteiger partial charge in [0, 0.05) is 0 Å². The second-order valence-corrected chi connectivity index (χ2v) is 2.42. The van der Waals surface area contributed by atoms with E-state index >= 15 is 0 Å². The van der Waals surface area contributed by atoms with Gasteiger partial charge in [0.15, 0.2) is 0 Å². The molecule has 0 bridgehead atoms. The van der Waals surface area contributed by atoms with E-state index in [0.717, 1.165) is 0 Å². The molecule has 0 aromatic rings. The Morgan fingerprint density at radius 3 is 1.82 bits per heavy atom. The van der Waals surface area contributed by atoms with Gasteiger partial charge in [-0.2, -0.15) is 0 Å². The topological polar surface area (TPSA) is 18.5 Å². The van der Waals surface area contributed by atoms with Crippen molar-refractivity contribution < 1.29 is 9.47 Å². The van der Waals surface area contributed by atoms with Crippen molar-refractivity contribution >= 4 is 0 Å². The molecule has 1 heterocycles. The van der Waals surface area contributed by atoms with Crippen LogP contribution in [0, 0.1) is 0 Å². The molecule has 0 aromatic heterocycles. The third-order valence-electron chi connectivity index (χ3n) is 1.54. The summed E-state index contributed by atoms with van der Waals surface area (Å²) in [6.45, 7) is 5.26. The van der Waals surface area contributed by atoms with Crippen LogP contribution in [0.3, 0.4) is 0 Å². The fourth-order valence-corrected chi connectivity index (χ4v) is 1.16. The highest BCUT2D eigenvalue weighted by atomic mass is 16.7. The molecule has 1 rings (SSSR count). The van der Waals surface area contributed by atoms with Gasteiger partial charge in [-0.15, -0.1) is 0 Å². The van der Waals surface area contributed by atoms with Gasteiger partial charge in [-0.25, -0.2) is 0 Å². The van der Waals surface area contributed by atoms with Gasteiger partial charge in [-0.1, -0.05) is 12.2 Å². The van der Waals surface area contributed by atoms with Crippen LogP contribution in [0.25, 0.3) is 0 Å². The minimum absolute atomic E-state index is 0.566. The van der Waals surface area contributed by atoms with E-state index in [4.69, 9.17) is 9.47 Å². The van der Waals surface area contributed by atoms with Crippen LogP contribution >= 0.6 is 0 Å². The highest BCUT2D eigenvalue weighted by Crippen LogP contribution is 2.22. The third-order valence-corrected chi connectivity index (χ3v) is 1.54. The largest absolute Gasteiger partial charge is 0.341 e. The average Bonchev–Trinajstić information content (AvgIpc) is 2.39. The lowest BCUT2D eigenvalue weighted by Gasteiger charge is -2.18. The van der Waals surface area contributed by atoms with Crippen molar-refractivity contribution in [1.29, 1.82) is 0 Å². The van der Waals surface area contributed by atoms with Crippen LogP contribution in [-0.2, 0) is 9.47 Å². The molecule has 0 N–H and O–H groups in total. The molecule has 0 radical (unpaired) electrons. The maximum absolute atomic E-state index is 5.43. The van der Waals surface area contributed by atoms with Crippen molar-refractivity contribution in [1.82, 2.24) is 0 Å². The van der Waals surface area contributed by atoms with E-state index < -0.39 is 5.79 Å². The molecule has 1 aliphatic heterocycles. The molecule has 62 valence electrons. The van der Waals surface area contributed by atoms with Gasteiger partial charge in [0.1, 0.15) is 0 Å². The van der Waals surface area contributed by atoms with Crippen LogP contribution in [0.5, 0.6) is 0 Å². The van der Waals surface area contributed by atoms with E-state index in [2.05, 4.69) is 0 Å². The summed E-state index contributed by atoms with van der Waals surface area (Å²) in [7, 11) is 0. The molecule has 1 aliphatic rings. The molecular weight excluding hydrogens is 140 g/mol. The lowest BCUT2D eigenvalue weighted by Crippen LogP contribution is -2.23. The smallest absolute Gasteiger partial charge is 0.208 e. The molecule has 2 nitrogen and oxygen atoms in total. The molecule has 0 aliphatic carbocycles. The molecular formula is C9H14O2. The molecule has 1 fully saturated rings. The first-order valence-electron chi connectivity index (χ1n) is 3.88. The molecule has 0 aromatic carbocycles. The number of rotatable bonds is 2. The van der Waals surface area contributed by atoms with E-state index in [9.17, 15) is 0 Å². The van der Waals surface area contributed by atoms with Gasteiger partial charge in [0.25, 0.3) is 0 Å². The van der Waals surface area contributed by atoms with Crippen LogP contribution in [-0.4, -0.2) is 19.0 Å². The lowest BCUT2D eigenvalue weighted by atomic mass is 10.2. The van der Waals surface area contributed by atoms with E-state index in [1.54, 1.807) is 0 Å². The highest BCUT2D eigenvalue weighted by molar-refractivity contribution is 5.09. The maximum atomic E-state index is 5.43. The summed E-state index contributed by atoms with van der Waals surface area (Å²) in [5.74, 6) is -0.566. The minimum atomic E-state index is -0.566. The summed E-state index contributed by atoms with van der Waals surface area (Å²) >= 11 is 0. The second-order valence-electron chi connectivity index (χ2n) is 2.42. The maximum Gasteiger partial charge on any atom is 0.208 e. The summed E-state index contributed by atoms with van der Waals surface area (Å²) in [4.78, 5) is 0. The summed E-state index contributed by atoms with van der Waals surface area (Å²) in [6.07, 6.45) is 7.70. The number of ether oxygens (including phenoxy) is 2. The Morgan fingerprint density at radius 2 is 1.45 bits per heavy atom. The van der Waals surface area contributed by atoms with Gasteiger partial charge in [0.05, 0.1) is 13.2 Å². The van der Waals surface area contributed by atoms with Gasteiger partial charge in [0.2, 0.25) is 5.79 Å². The summed E-state index contributed by atoms with van der Waals surface area (Å²) in [5.41, 5.74) is 0. The van der Waals surface area contributed by atoms with Crippen molar-refractivity contribution in [3.63, 3.8) is 0 Å². The van der Waals surface area contributed by atoms with Crippen molar-refractivity contribution in [2.75, 3.05) is 13.2 Å². The number of allylic oxidation sites excluding steroid dienone is 2. The van der Waals surface area contributed by atoms with Gasteiger partial charge >= 0.3 is 0 Å². The predicted octanol–water partition coefficient (Wildman–Crippen LogP) is 1.88. The predicted molar refractivity (Wildman–Crippen MR) is 44.3 cm³/mol. The zero-order valence-corrected chi connectivity index (χ0v) is 7.04. The normalized spacial score (nSPS) is 23.8. The van der Waals surface area contributed by atoms with E-state index in [1.807, 2.05) is 38.2 Å². The van der Waals surface area contributed by atoms with Crippen LogP contribution in [0.2, 0.25) is 0 Å². The summed E-state index contributed by atoms with van der Waals surface area (Å²) < 4.78 is 10.9. The quantitative estimate of drug-likeness (QED) is 0.565. The SMILES string of the molecule is C/C=C/C1(/C=C/C)OCCO1. The lowest BCUT2D eigenvalue weighted by molar-refractivity contribution is -0.0744. The number of hydrogen-bond acceptors (Lipinski definition) is 2. The fourth-order valence-electron chi connectivity index (χ4n) is 1.16. The van der Waals surface area contributed by atoms with E-state index in [1.165, 1.54) is 0 Å². The zero-order valence-electron chi connectivity index (χ0n) is 7.04. The van der Waals surface area contributed by atoms with Crippen LogP contribution < -0.4 is 0 Å². The Morgan fingerprint density at radius 1 is 1.00 bits per heavy atom. The van der Waals surface area contributed by atoms with Crippen molar-refractivity contribution in [3.05, 3.63) is 24.3 Å². The molecule has 0 spiro atoms. The van der Waals surface area contributed by atoms with E-state index in [0.29, 0.717) is 13.2 Å². The molecule has 0 amide bonds. The Hall–Kier alpha value is -0.600. The summed E-state index contributed by atoms with van der Waals surface area (Å²) in [6, 6.07) is 0. The van der Waals surface area contributed by atoms with E-state index in [-0.39, 0.29) is 0 Å². The van der Waals surface area contributed by atoms with Crippen molar-refractivity contribution in [3.8, 4) is 0 Å². The molecule has 0 atom stereocenters. The summed E-state index contributed by atoms with van der Waals surface area (Å²) in [5, 5.41) is 0. The zero-order chi connectivity index (χ0) is 8.16. The first-order chi connectivity index (χ1) is 5.33. The molecule has 2 heteroatoms. The highest BCUT2D eigenvalue weighted by Gasteiger charge is 2.29. The van der Waals surface area contributed by atoms with Crippen molar-refractivity contribution in [2.24, 2.45) is 0 Å². The first-order valence-corrected chi connectivity index (χ1v) is 3.88. The molecule has 11 heavy (non-hydrogen) atoms. The Kier molecular flexibility index (Phi) is 2.85. The van der Waals surface area contributed by atoms with Gasteiger partial charge < -0.3 is 9.47 Å². The second kappa shape index (κ2) is 3.69. The Balaban J connectivity index is 2.69.